The minimum atomic E-state index is -3.98. The molecule has 2 aromatic rings. The zero-order valence-corrected chi connectivity index (χ0v) is 28.5. The summed E-state index contributed by atoms with van der Waals surface area (Å²) in [5.41, 5.74) is 0.347. The summed E-state index contributed by atoms with van der Waals surface area (Å²) in [6.45, 7) is 14.9. The number of amides is 3. The average Bonchev–Trinajstić information content (AvgIpc) is 2.93. The third kappa shape index (κ3) is 9.72. The summed E-state index contributed by atoms with van der Waals surface area (Å²) in [5.74, 6) is -1.94. The summed E-state index contributed by atoms with van der Waals surface area (Å²) in [6, 6.07) is 10.9. The summed E-state index contributed by atoms with van der Waals surface area (Å²) in [4.78, 5) is 46.1. The lowest BCUT2D eigenvalue weighted by Gasteiger charge is -2.40. The maximum atomic E-state index is 14.0. The van der Waals surface area contributed by atoms with E-state index in [1.807, 2.05) is 78.8 Å². The number of rotatable bonds is 13. The third-order valence-electron chi connectivity index (χ3n) is 7.77. The highest BCUT2D eigenvalue weighted by Crippen LogP contribution is 2.29. The van der Waals surface area contributed by atoms with Gasteiger partial charge >= 0.3 is 0 Å². The van der Waals surface area contributed by atoms with E-state index in [0.717, 1.165) is 5.56 Å². The number of likely N-dealkylation sites (N-methyl/N-ethyl adjacent to an activating group) is 2. The monoisotopic (exact) mass is 627 g/mol. The van der Waals surface area contributed by atoms with Gasteiger partial charge in [-0.05, 0) is 42.5 Å². The molecule has 3 N–H and O–H groups in total. The van der Waals surface area contributed by atoms with Crippen molar-refractivity contribution in [3.63, 3.8) is 0 Å². The largest absolute Gasteiger partial charge is 0.342 e. The minimum absolute atomic E-state index is 0.128. The Labute approximate surface area is 263 Å². The number of nitrogens with one attached hydrogen (secondary N) is 3. The fraction of sp³-hybridized carbons (Fsp3) is 0.515. The van der Waals surface area contributed by atoms with Gasteiger partial charge in [0.25, 0.3) is 5.91 Å². The van der Waals surface area contributed by atoms with Crippen LogP contribution < -0.4 is 15.4 Å². The summed E-state index contributed by atoms with van der Waals surface area (Å²) in [7, 11) is -0.626. The molecule has 0 bridgehead atoms. The Morgan fingerprint density at radius 3 is 2.09 bits per heavy atom. The molecule has 0 aliphatic carbocycles. The van der Waals surface area contributed by atoms with Crippen molar-refractivity contribution in [3.8, 4) is 0 Å². The highest BCUT2D eigenvalue weighted by atomic mass is 32.2. The fourth-order valence-corrected chi connectivity index (χ4v) is 6.25. The predicted octanol–water partition coefficient (Wildman–Crippen LogP) is 3.55. The van der Waals surface area contributed by atoms with Gasteiger partial charge in [-0.3, -0.25) is 19.4 Å². The van der Waals surface area contributed by atoms with Gasteiger partial charge in [0, 0.05) is 30.4 Å². The van der Waals surface area contributed by atoms with Gasteiger partial charge in [-0.25, -0.2) is 13.1 Å². The van der Waals surface area contributed by atoms with Crippen molar-refractivity contribution in [2.45, 2.75) is 84.7 Å². The first-order chi connectivity index (χ1) is 20.3. The van der Waals surface area contributed by atoms with Crippen LogP contribution in [-0.4, -0.2) is 68.2 Å². The van der Waals surface area contributed by atoms with Gasteiger partial charge in [-0.1, -0.05) is 90.9 Å². The van der Waals surface area contributed by atoms with E-state index in [1.165, 1.54) is 24.2 Å². The molecule has 0 aliphatic rings. The van der Waals surface area contributed by atoms with Gasteiger partial charge in [0.15, 0.2) is 0 Å². The van der Waals surface area contributed by atoms with E-state index in [4.69, 9.17) is 0 Å². The number of hydrogen-bond acceptors (Lipinski definition) is 7. The zero-order valence-electron chi connectivity index (χ0n) is 27.6. The van der Waals surface area contributed by atoms with Crippen LogP contribution in [0.15, 0.2) is 66.5 Å². The standard InChI is InChI=1S/C33H49N5O5S/c1-22(2)26(19-23(3)29(39)37-44(42,43)21-24-15-14-18-35-20-24)38(10)31(41)28(32(4,5)6)36-30(40)27(34-9)33(7,8)25-16-12-11-13-17-25/h11-20,22,26-28,34H,21H2,1-10H3,(H,36,40)(H,37,39)/b23-19+/t26-,27-,28-/m1/s1. The number of sulfonamides is 1. The van der Waals surface area contributed by atoms with Crippen LogP contribution >= 0.6 is 0 Å². The molecular formula is C33H49N5O5S. The molecule has 0 saturated heterocycles. The van der Waals surface area contributed by atoms with Crippen LogP contribution in [0.1, 0.15) is 66.5 Å². The van der Waals surface area contributed by atoms with Crippen LogP contribution in [0.3, 0.4) is 0 Å². The van der Waals surface area contributed by atoms with Crippen molar-refractivity contribution < 1.29 is 22.8 Å². The molecule has 0 fully saturated rings. The number of pyridine rings is 1. The van der Waals surface area contributed by atoms with E-state index < -0.39 is 50.6 Å². The van der Waals surface area contributed by atoms with E-state index >= 15 is 0 Å². The second-order valence-corrected chi connectivity index (χ2v) is 14.9. The van der Waals surface area contributed by atoms with Crippen molar-refractivity contribution in [1.82, 2.24) is 25.2 Å². The molecule has 3 amide bonds. The van der Waals surface area contributed by atoms with E-state index in [1.54, 1.807) is 32.3 Å². The average molecular weight is 628 g/mol. The number of carbonyl (C=O) groups excluding carboxylic acids is 3. The van der Waals surface area contributed by atoms with Crippen LogP contribution in [0.2, 0.25) is 0 Å². The molecule has 0 unspecified atom stereocenters. The molecule has 0 spiro atoms. The zero-order chi connectivity index (χ0) is 33.5. The molecule has 2 rings (SSSR count). The van der Waals surface area contributed by atoms with Gasteiger partial charge in [0.2, 0.25) is 21.8 Å². The molecule has 3 atom stereocenters. The van der Waals surface area contributed by atoms with Crippen molar-refractivity contribution in [3.05, 3.63) is 77.6 Å². The number of aromatic nitrogens is 1. The Morgan fingerprint density at radius 2 is 1.59 bits per heavy atom. The molecule has 242 valence electrons. The Balaban J connectivity index is 2.29. The Kier molecular flexibility index (Phi) is 12.4. The highest BCUT2D eigenvalue weighted by molar-refractivity contribution is 7.89. The summed E-state index contributed by atoms with van der Waals surface area (Å²) in [5, 5.41) is 6.15. The molecule has 11 heteroatoms. The minimum Gasteiger partial charge on any atom is -0.342 e. The SMILES string of the molecule is CN[C@H](C(=O)N[C@H](C(=O)N(C)[C@H](/C=C(\C)C(=O)NS(=O)(=O)Cc1cccnc1)C(C)C)C(C)(C)C)C(C)(C)c1ccccc1. The smallest absolute Gasteiger partial charge is 0.260 e. The Morgan fingerprint density at radius 1 is 0.977 bits per heavy atom. The van der Waals surface area contributed by atoms with Gasteiger partial charge in [-0.15, -0.1) is 0 Å². The number of benzene rings is 1. The molecular weight excluding hydrogens is 578 g/mol. The number of carbonyl (C=O) groups is 3. The number of nitrogens with zero attached hydrogens (tertiary/aromatic N) is 2. The molecule has 44 heavy (non-hydrogen) atoms. The summed E-state index contributed by atoms with van der Waals surface area (Å²) >= 11 is 0. The molecule has 1 aromatic carbocycles. The lowest BCUT2D eigenvalue weighted by Crippen LogP contribution is -2.61. The van der Waals surface area contributed by atoms with Crippen LogP contribution in [0.25, 0.3) is 0 Å². The molecule has 1 aromatic heterocycles. The van der Waals surface area contributed by atoms with Crippen LogP contribution in [0, 0.1) is 11.3 Å². The Bertz CT molecular complexity index is 1420. The van der Waals surface area contributed by atoms with Crippen molar-refractivity contribution in [2.24, 2.45) is 11.3 Å². The summed E-state index contributed by atoms with van der Waals surface area (Å²) in [6.07, 6.45) is 4.55. The fourth-order valence-electron chi connectivity index (χ4n) is 5.12. The molecule has 10 nitrogen and oxygen atoms in total. The molecule has 0 radical (unpaired) electrons. The van der Waals surface area contributed by atoms with Crippen molar-refractivity contribution >= 4 is 27.7 Å². The molecule has 1 heterocycles. The maximum Gasteiger partial charge on any atom is 0.260 e. The second-order valence-electron chi connectivity index (χ2n) is 13.2. The first-order valence-electron chi connectivity index (χ1n) is 14.7. The van der Waals surface area contributed by atoms with Crippen molar-refractivity contribution in [2.75, 3.05) is 14.1 Å². The van der Waals surface area contributed by atoms with Gasteiger partial charge in [0.05, 0.1) is 17.8 Å². The van der Waals surface area contributed by atoms with E-state index in [9.17, 15) is 22.8 Å². The first kappa shape index (κ1) is 36.6. The lowest BCUT2D eigenvalue weighted by atomic mass is 9.76. The van der Waals surface area contributed by atoms with Gasteiger partial charge in [0.1, 0.15) is 6.04 Å². The quantitative estimate of drug-likeness (QED) is 0.289. The maximum absolute atomic E-state index is 14.0. The summed E-state index contributed by atoms with van der Waals surface area (Å²) < 4.78 is 27.4. The first-order valence-corrected chi connectivity index (χ1v) is 16.4. The van der Waals surface area contributed by atoms with Crippen LogP contribution in [0.4, 0.5) is 0 Å². The van der Waals surface area contributed by atoms with Crippen LogP contribution in [0.5, 0.6) is 0 Å². The van der Waals surface area contributed by atoms with E-state index in [2.05, 4.69) is 20.3 Å². The van der Waals surface area contributed by atoms with Crippen LogP contribution in [-0.2, 0) is 35.6 Å². The highest BCUT2D eigenvalue weighted by Gasteiger charge is 2.41. The normalized spacial score (nSPS) is 14.8. The molecule has 0 aliphatic heterocycles. The lowest BCUT2D eigenvalue weighted by molar-refractivity contribution is -0.140. The predicted molar refractivity (Wildman–Crippen MR) is 174 cm³/mol. The van der Waals surface area contributed by atoms with Crippen molar-refractivity contribution in [1.29, 1.82) is 0 Å². The Hall–Kier alpha value is -3.57. The topological polar surface area (TPSA) is 138 Å². The second kappa shape index (κ2) is 14.9. The van der Waals surface area contributed by atoms with Gasteiger partial charge in [-0.2, -0.15) is 0 Å². The molecule has 0 saturated carbocycles. The van der Waals surface area contributed by atoms with E-state index in [0.29, 0.717) is 5.56 Å². The van der Waals surface area contributed by atoms with Gasteiger partial charge < -0.3 is 15.5 Å². The third-order valence-corrected chi connectivity index (χ3v) is 8.98. The number of hydrogen-bond donors (Lipinski definition) is 3. The van der Waals surface area contributed by atoms with E-state index in [-0.39, 0.29) is 23.3 Å².